The van der Waals surface area contributed by atoms with Gasteiger partial charge in [-0.2, -0.15) is 5.10 Å². The standard InChI is InChI=1S/C13H15N3O/c1-10-3-5-13(6-4-10)16-8-7-12(15-16)9-14-11(2)17/h3-9,11,17H,1-2H3. The topological polar surface area (TPSA) is 50.4 Å². The molecule has 17 heavy (non-hydrogen) atoms. The van der Waals surface area contributed by atoms with Gasteiger partial charge in [0.15, 0.2) is 0 Å². The molecule has 0 amide bonds. The van der Waals surface area contributed by atoms with Crippen LogP contribution in [-0.2, 0) is 0 Å². The van der Waals surface area contributed by atoms with E-state index < -0.39 is 6.23 Å². The van der Waals surface area contributed by atoms with E-state index >= 15 is 0 Å². The first-order chi connectivity index (χ1) is 8.15. The minimum Gasteiger partial charge on any atom is -0.372 e. The summed E-state index contributed by atoms with van der Waals surface area (Å²) in [6, 6.07) is 9.96. The highest BCUT2D eigenvalue weighted by atomic mass is 16.3. The van der Waals surface area contributed by atoms with Gasteiger partial charge < -0.3 is 5.11 Å². The quantitative estimate of drug-likeness (QED) is 0.818. The summed E-state index contributed by atoms with van der Waals surface area (Å²) in [5.74, 6) is 0. The molecule has 0 saturated carbocycles. The SMILES string of the molecule is Cc1ccc(-n2ccc(C=NC(C)O)n2)cc1. The molecule has 0 saturated heterocycles. The van der Waals surface area contributed by atoms with Gasteiger partial charge in [0, 0.05) is 6.20 Å². The second kappa shape index (κ2) is 4.93. The molecular weight excluding hydrogens is 214 g/mol. The lowest BCUT2D eigenvalue weighted by atomic mass is 10.2. The number of rotatable bonds is 3. The Hall–Kier alpha value is -1.94. The van der Waals surface area contributed by atoms with E-state index in [0.717, 1.165) is 11.4 Å². The fourth-order valence-corrected chi connectivity index (χ4v) is 1.43. The monoisotopic (exact) mass is 229 g/mol. The zero-order valence-electron chi connectivity index (χ0n) is 9.91. The van der Waals surface area contributed by atoms with Gasteiger partial charge in [0.25, 0.3) is 0 Å². The van der Waals surface area contributed by atoms with Gasteiger partial charge in [-0.1, -0.05) is 17.7 Å². The largest absolute Gasteiger partial charge is 0.372 e. The molecule has 1 heterocycles. The third-order valence-corrected chi connectivity index (χ3v) is 2.33. The van der Waals surface area contributed by atoms with Crippen molar-refractivity contribution in [1.82, 2.24) is 9.78 Å². The van der Waals surface area contributed by atoms with Crippen molar-refractivity contribution in [3.05, 3.63) is 47.8 Å². The van der Waals surface area contributed by atoms with E-state index in [4.69, 9.17) is 5.11 Å². The van der Waals surface area contributed by atoms with Gasteiger partial charge in [-0.15, -0.1) is 0 Å². The molecular formula is C13H15N3O. The van der Waals surface area contributed by atoms with Crippen LogP contribution in [0.15, 0.2) is 41.5 Å². The molecule has 4 nitrogen and oxygen atoms in total. The molecule has 2 rings (SSSR count). The number of aryl methyl sites for hydroxylation is 1. The fourth-order valence-electron chi connectivity index (χ4n) is 1.43. The fraction of sp³-hybridized carbons (Fsp3) is 0.231. The van der Waals surface area contributed by atoms with E-state index in [9.17, 15) is 0 Å². The highest BCUT2D eigenvalue weighted by molar-refractivity contribution is 5.76. The lowest BCUT2D eigenvalue weighted by Gasteiger charge is -2.00. The Morgan fingerprint density at radius 1 is 1.29 bits per heavy atom. The van der Waals surface area contributed by atoms with Crippen LogP contribution in [0, 0.1) is 6.92 Å². The van der Waals surface area contributed by atoms with Crippen molar-refractivity contribution in [3.8, 4) is 5.69 Å². The van der Waals surface area contributed by atoms with Crippen LogP contribution in [0.3, 0.4) is 0 Å². The summed E-state index contributed by atoms with van der Waals surface area (Å²) >= 11 is 0. The highest BCUT2D eigenvalue weighted by Crippen LogP contribution is 2.08. The van der Waals surface area contributed by atoms with Crippen molar-refractivity contribution in [2.45, 2.75) is 20.1 Å². The van der Waals surface area contributed by atoms with E-state index in [1.54, 1.807) is 17.8 Å². The lowest BCUT2D eigenvalue weighted by Crippen LogP contribution is -1.98. The predicted octanol–water partition coefficient (Wildman–Crippen LogP) is 1.94. The first-order valence-electron chi connectivity index (χ1n) is 5.49. The summed E-state index contributed by atoms with van der Waals surface area (Å²) in [7, 11) is 0. The number of aliphatic imine (C=N–C) groups is 1. The molecule has 0 fully saturated rings. The number of hydrogen-bond donors (Lipinski definition) is 1. The molecule has 0 aliphatic carbocycles. The number of hydrogen-bond acceptors (Lipinski definition) is 3. The minimum atomic E-state index is -0.695. The number of benzene rings is 1. The Labute approximate surface area is 100 Å². The molecule has 0 aliphatic heterocycles. The van der Waals surface area contributed by atoms with Crippen LogP contribution in [0.5, 0.6) is 0 Å². The summed E-state index contributed by atoms with van der Waals surface area (Å²) in [5, 5.41) is 13.4. The average molecular weight is 229 g/mol. The second-order valence-electron chi connectivity index (χ2n) is 3.93. The lowest BCUT2D eigenvalue weighted by molar-refractivity contribution is 0.206. The minimum absolute atomic E-state index is 0.695. The van der Waals surface area contributed by atoms with E-state index in [-0.39, 0.29) is 0 Å². The molecule has 1 unspecified atom stereocenters. The summed E-state index contributed by atoms with van der Waals surface area (Å²) in [6.07, 6.45) is 2.74. The summed E-state index contributed by atoms with van der Waals surface area (Å²) < 4.78 is 1.78. The summed E-state index contributed by atoms with van der Waals surface area (Å²) in [6.45, 7) is 3.65. The van der Waals surface area contributed by atoms with Crippen molar-refractivity contribution in [3.63, 3.8) is 0 Å². The zero-order valence-corrected chi connectivity index (χ0v) is 9.91. The summed E-state index contributed by atoms with van der Waals surface area (Å²) in [5.41, 5.74) is 2.95. The highest BCUT2D eigenvalue weighted by Gasteiger charge is 1.99. The van der Waals surface area contributed by atoms with Crippen LogP contribution in [-0.4, -0.2) is 27.3 Å². The van der Waals surface area contributed by atoms with Crippen LogP contribution >= 0.6 is 0 Å². The van der Waals surface area contributed by atoms with Crippen molar-refractivity contribution in [1.29, 1.82) is 0 Å². The molecule has 1 aromatic heterocycles. The van der Waals surface area contributed by atoms with Crippen molar-refractivity contribution in [2.75, 3.05) is 0 Å². The van der Waals surface area contributed by atoms with Gasteiger partial charge in [-0.3, -0.25) is 4.99 Å². The predicted molar refractivity (Wildman–Crippen MR) is 67.6 cm³/mol. The summed E-state index contributed by atoms with van der Waals surface area (Å²) in [4.78, 5) is 3.87. The van der Waals surface area contributed by atoms with Crippen molar-refractivity contribution < 1.29 is 5.11 Å². The van der Waals surface area contributed by atoms with E-state index in [1.807, 2.05) is 43.5 Å². The molecule has 88 valence electrons. The second-order valence-corrected chi connectivity index (χ2v) is 3.93. The maximum absolute atomic E-state index is 9.04. The number of nitrogens with zero attached hydrogens (tertiary/aromatic N) is 3. The van der Waals surface area contributed by atoms with Gasteiger partial charge in [-0.25, -0.2) is 4.68 Å². The number of aromatic nitrogens is 2. The van der Waals surface area contributed by atoms with Crippen LogP contribution < -0.4 is 0 Å². The normalized spacial score (nSPS) is 13.1. The maximum atomic E-state index is 9.04. The Balaban J connectivity index is 2.21. The van der Waals surface area contributed by atoms with Crippen molar-refractivity contribution >= 4 is 6.21 Å². The first kappa shape index (κ1) is 11.5. The number of aliphatic hydroxyl groups is 1. The Morgan fingerprint density at radius 3 is 2.65 bits per heavy atom. The molecule has 1 atom stereocenters. The third kappa shape index (κ3) is 3.01. The van der Waals surface area contributed by atoms with E-state index in [0.29, 0.717) is 0 Å². The third-order valence-electron chi connectivity index (χ3n) is 2.33. The molecule has 4 heteroatoms. The Kier molecular flexibility index (Phi) is 3.35. The molecule has 1 N–H and O–H groups in total. The molecule has 0 bridgehead atoms. The van der Waals surface area contributed by atoms with Crippen LogP contribution in [0.2, 0.25) is 0 Å². The van der Waals surface area contributed by atoms with Crippen LogP contribution in [0.1, 0.15) is 18.2 Å². The molecule has 0 radical (unpaired) electrons. The van der Waals surface area contributed by atoms with Gasteiger partial charge in [0.2, 0.25) is 0 Å². The molecule has 0 aliphatic rings. The molecule has 1 aromatic carbocycles. The van der Waals surface area contributed by atoms with E-state index in [2.05, 4.69) is 10.1 Å². The molecule has 2 aromatic rings. The van der Waals surface area contributed by atoms with Crippen molar-refractivity contribution in [2.24, 2.45) is 4.99 Å². The van der Waals surface area contributed by atoms with E-state index in [1.165, 1.54) is 5.56 Å². The van der Waals surface area contributed by atoms with Gasteiger partial charge in [-0.05, 0) is 32.0 Å². The maximum Gasteiger partial charge on any atom is 0.142 e. The van der Waals surface area contributed by atoms with Gasteiger partial charge in [0.1, 0.15) is 11.9 Å². The van der Waals surface area contributed by atoms with Crippen LogP contribution in [0.4, 0.5) is 0 Å². The average Bonchev–Trinajstić information content (AvgIpc) is 2.76. The zero-order chi connectivity index (χ0) is 12.3. The Bertz CT molecular complexity index is 512. The first-order valence-corrected chi connectivity index (χ1v) is 5.49. The smallest absolute Gasteiger partial charge is 0.142 e. The Morgan fingerprint density at radius 2 is 2.00 bits per heavy atom. The van der Waals surface area contributed by atoms with Gasteiger partial charge >= 0.3 is 0 Å². The number of aliphatic hydroxyl groups excluding tert-OH is 1. The van der Waals surface area contributed by atoms with Gasteiger partial charge in [0.05, 0.1) is 11.9 Å². The molecule has 0 spiro atoms. The van der Waals surface area contributed by atoms with Crippen LogP contribution in [0.25, 0.3) is 5.69 Å².